The molecule has 3 aromatic carbocycles. The van der Waals surface area contributed by atoms with Crippen LogP contribution in [0.5, 0.6) is 0 Å². The Balaban J connectivity index is 1.22. The second-order valence-corrected chi connectivity index (χ2v) is 9.27. The van der Waals surface area contributed by atoms with E-state index in [1.807, 2.05) is 12.1 Å². The molecule has 7 nitrogen and oxygen atoms in total. The van der Waals surface area contributed by atoms with Crippen LogP contribution in [0.15, 0.2) is 72.8 Å². The number of imide groups is 1. The van der Waals surface area contributed by atoms with Crippen molar-refractivity contribution < 1.29 is 23.9 Å². The van der Waals surface area contributed by atoms with Gasteiger partial charge >= 0.3 is 5.97 Å². The minimum absolute atomic E-state index is 0.123. The zero-order chi connectivity index (χ0) is 25.2. The number of ether oxygens (including phenoxy) is 1. The van der Waals surface area contributed by atoms with Gasteiger partial charge in [-0.1, -0.05) is 35.9 Å². The van der Waals surface area contributed by atoms with Gasteiger partial charge in [-0.2, -0.15) is 0 Å². The van der Waals surface area contributed by atoms with Gasteiger partial charge in [0.05, 0.1) is 23.7 Å². The van der Waals surface area contributed by atoms with Gasteiger partial charge in [0.25, 0.3) is 5.91 Å². The van der Waals surface area contributed by atoms with Crippen LogP contribution in [-0.2, 0) is 27.3 Å². The van der Waals surface area contributed by atoms with E-state index in [2.05, 4.69) is 17.0 Å². The molecule has 1 fully saturated rings. The molecule has 0 spiro atoms. The predicted molar refractivity (Wildman–Crippen MR) is 134 cm³/mol. The van der Waals surface area contributed by atoms with Crippen molar-refractivity contribution in [3.63, 3.8) is 0 Å². The van der Waals surface area contributed by atoms with Gasteiger partial charge in [-0.05, 0) is 66.1 Å². The normalized spacial score (nSPS) is 17.7. The lowest BCUT2D eigenvalue weighted by Crippen LogP contribution is -2.44. The highest BCUT2D eigenvalue weighted by atomic mass is 35.5. The Hall–Kier alpha value is -3.81. The van der Waals surface area contributed by atoms with Gasteiger partial charge in [-0.15, -0.1) is 0 Å². The fourth-order valence-corrected chi connectivity index (χ4v) is 4.76. The zero-order valence-corrected chi connectivity index (χ0v) is 20.1. The zero-order valence-electron chi connectivity index (χ0n) is 19.4. The van der Waals surface area contributed by atoms with Crippen LogP contribution in [0.4, 0.5) is 5.69 Å². The number of halogens is 1. The summed E-state index contributed by atoms with van der Waals surface area (Å²) in [6.45, 7) is 0.938. The van der Waals surface area contributed by atoms with Crippen LogP contribution in [0, 0.1) is 0 Å². The maximum absolute atomic E-state index is 13.2. The summed E-state index contributed by atoms with van der Waals surface area (Å²) in [5, 5.41) is 0.506. The van der Waals surface area contributed by atoms with Gasteiger partial charge in [0.2, 0.25) is 5.91 Å². The molecule has 182 valence electrons. The number of hydrogen-bond donors (Lipinski definition) is 0. The largest absolute Gasteiger partial charge is 0.454 e. The number of rotatable bonds is 6. The van der Waals surface area contributed by atoms with Crippen LogP contribution in [0.25, 0.3) is 0 Å². The van der Waals surface area contributed by atoms with Crippen molar-refractivity contribution in [2.24, 2.45) is 0 Å². The molecule has 1 saturated heterocycles. The molecule has 2 aliphatic rings. The van der Waals surface area contributed by atoms with Gasteiger partial charge in [0.1, 0.15) is 0 Å². The van der Waals surface area contributed by atoms with E-state index < -0.39 is 18.6 Å². The number of anilines is 1. The van der Waals surface area contributed by atoms with Crippen molar-refractivity contribution in [2.75, 3.05) is 18.1 Å². The molecule has 2 amide bonds. The fourth-order valence-electron chi connectivity index (χ4n) is 4.64. The van der Waals surface area contributed by atoms with Gasteiger partial charge in [0.15, 0.2) is 12.4 Å². The van der Waals surface area contributed by atoms with E-state index >= 15 is 0 Å². The van der Waals surface area contributed by atoms with Crippen molar-refractivity contribution >= 4 is 40.9 Å². The second kappa shape index (κ2) is 10.0. The molecular formula is C28H23ClN2O5. The molecule has 5 rings (SSSR count). The number of fused-ring (bicyclic) bond motifs is 1. The van der Waals surface area contributed by atoms with E-state index in [9.17, 15) is 19.2 Å². The van der Waals surface area contributed by atoms with E-state index in [0.29, 0.717) is 29.4 Å². The maximum Gasteiger partial charge on any atom is 0.338 e. The summed E-state index contributed by atoms with van der Waals surface area (Å²) in [7, 11) is 0. The number of ketones is 1. The molecule has 0 bridgehead atoms. The molecule has 0 radical (unpaired) electrons. The molecular weight excluding hydrogens is 480 g/mol. The smallest absolute Gasteiger partial charge is 0.338 e. The molecule has 0 N–H and O–H groups in total. The first-order chi connectivity index (χ1) is 17.4. The Morgan fingerprint density at radius 2 is 1.56 bits per heavy atom. The number of esters is 1. The SMILES string of the molecule is O=C(COC(=O)c1ccc(N2C(=O)CC(N3CCc4ccccc4C3)C2=O)cc1)c1ccc(Cl)cc1. The van der Waals surface area contributed by atoms with Gasteiger partial charge in [0, 0.05) is 23.7 Å². The summed E-state index contributed by atoms with van der Waals surface area (Å²) in [5.41, 5.74) is 3.46. The average Bonchev–Trinajstić information content (AvgIpc) is 3.20. The van der Waals surface area contributed by atoms with Crippen LogP contribution in [0.3, 0.4) is 0 Å². The highest BCUT2D eigenvalue weighted by Crippen LogP contribution is 2.29. The predicted octanol–water partition coefficient (Wildman–Crippen LogP) is 4.07. The molecule has 1 unspecified atom stereocenters. The lowest BCUT2D eigenvalue weighted by molar-refractivity contribution is -0.123. The highest BCUT2D eigenvalue weighted by molar-refractivity contribution is 6.30. The van der Waals surface area contributed by atoms with Crippen LogP contribution in [0.2, 0.25) is 5.02 Å². The Labute approximate surface area is 213 Å². The van der Waals surface area contributed by atoms with Gasteiger partial charge in [-0.25, -0.2) is 9.69 Å². The second-order valence-electron chi connectivity index (χ2n) is 8.83. The fraction of sp³-hybridized carbons (Fsp3) is 0.214. The van der Waals surface area contributed by atoms with Gasteiger partial charge < -0.3 is 4.74 Å². The van der Waals surface area contributed by atoms with Crippen molar-refractivity contribution in [2.45, 2.75) is 25.4 Å². The van der Waals surface area contributed by atoms with Crippen molar-refractivity contribution in [3.05, 3.63) is 100 Å². The molecule has 36 heavy (non-hydrogen) atoms. The van der Waals surface area contributed by atoms with Crippen molar-refractivity contribution in [3.8, 4) is 0 Å². The molecule has 8 heteroatoms. The molecule has 0 aliphatic carbocycles. The van der Waals surface area contributed by atoms with E-state index in [4.69, 9.17) is 16.3 Å². The van der Waals surface area contributed by atoms with E-state index in [-0.39, 0.29) is 29.6 Å². The van der Waals surface area contributed by atoms with Crippen molar-refractivity contribution in [1.82, 2.24) is 4.90 Å². The standard InChI is InChI=1S/C28H23ClN2O5/c29-22-9-5-19(6-10-22)25(32)17-36-28(35)20-7-11-23(12-8-20)31-26(33)15-24(27(31)34)30-14-13-18-3-1-2-4-21(18)16-30/h1-12,24H,13-17H2. The lowest BCUT2D eigenvalue weighted by atomic mass is 9.98. The van der Waals surface area contributed by atoms with Gasteiger partial charge in [-0.3, -0.25) is 19.3 Å². The van der Waals surface area contributed by atoms with E-state index in [1.54, 1.807) is 36.4 Å². The molecule has 0 aromatic heterocycles. The summed E-state index contributed by atoms with van der Waals surface area (Å²) in [6, 6.07) is 20.0. The van der Waals surface area contributed by atoms with Crippen LogP contribution in [0.1, 0.15) is 38.3 Å². The Bertz CT molecular complexity index is 1340. The summed E-state index contributed by atoms with van der Waals surface area (Å²) >= 11 is 5.82. The summed E-state index contributed by atoms with van der Waals surface area (Å²) in [6.07, 6.45) is 0.961. The Morgan fingerprint density at radius 1 is 0.889 bits per heavy atom. The topological polar surface area (TPSA) is 84.0 Å². The maximum atomic E-state index is 13.2. The number of amides is 2. The molecule has 2 aliphatic heterocycles. The number of hydrogen-bond acceptors (Lipinski definition) is 6. The molecule has 1 atom stereocenters. The third-order valence-electron chi connectivity index (χ3n) is 6.59. The third kappa shape index (κ3) is 4.80. The highest BCUT2D eigenvalue weighted by Gasteiger charge is 2.43. The van der Waals surface area contributed by atoms with Crippen LogP contribution in [-0.4, -0.2) is 47.7 Å². The monoisotopic (exact) mass is 502 g/mol. The summed E-state index contributed by atoms with van der Waals surface area (Å²) in [5.74, 6) is -1.56. The summed E-state index contributed by atoms with van der Waals surface area (Å²) < 4.78 is 5.13. The van der Waals surface area contributed by atoms with Crippen LogP contribution < -0.4 is 4.90 Å². The number of benzene rings is 3. The first-order valence-electron chi connectivity index (χ1n) is 11.6. The number of Topliss-reactive ketones (excluding diaryl/α,β-unsaturated/α-hetero) is 1. The number of carbonyl (C=O) groups excluding carboxylic acids is 4. The number of carbonyl (C=O) groups is 4. The van der Waals surface area contributed by atoms with E-state index in [0.717, 1.165) is 6.42 Å². The Kier molecular flexibility index (Phi) is 6.67. The molecule has 0 saturated carbocycles. The lowest BCUT2D eigenvalue weighted by Gasteiger charge is -2.32. The number of nitrogens with zero attached hydrogens (tertiary/aromatic N) is 2. The first-order valence-corrected chi connectivity index (χ1v) is 12.0. The third-order valence-corrected chi connectivity index (χ3v) is 6.84. The first kappa shape index (κ1) is 23.9. The average molecular weight is 503 g/mol. The van der Waals surface area contributed by atoms with E-state index in [1.165, 1.54) is 28.2 Å². The van der Waals surface area contributed by atoms with Crippen molar-refractivity contribution in [1.29, 1.82) is 0 Å². The minimum Gasteiger partial charge on any atom is -0.454 e. The Morgan fingerprint density at radius 3 is 2.28 bits per heavy atom. The molecule has 3 aromatic rings. The molecule has 2 heterocycles. The minimum atomic E-state index is -0.673. The summed E-state index contributed by atoms with van der Waals surface area (Å²) in [4.78, 5) is 53.8. The quantitative estimate of drug-likeness (QED) is 0.287. The van der Waals surface area contributed by atoms with Crippen LogP contribution >= 0.6 is 11.6 Å².